The van der Waals surface area contributed by atoms with E-state index in [4.69, 9.17) is 4.74 Å². The quantitative estimate of drug-likeness (QED) is 0.455. The van der Waals surface area contributed by atoms with Crippen molar-refractivity contribution in [1.82, 2.24) is 9.58 Å². The summed E-state index contributed by atoms with van der Waals surface area (Å²) in [6, 6.07) is 11.6. The summed E-state index contributed by atoms with van der Waals surface area (Å²) >= 11 is 1.55. The SMILES string of the molecule is C.O=C1c2c(O)c(=O)ccn2N2CN1CC/C=C\COc1ccc(F)c3c1[C@@H]2c1ccccc1SC3. The van der Waals surface area contributed by atoms with Gasteiger partial charge in [-0.3, -0.25) is 19.3 Å². The third kappa shape index (κ3) is 3.74. The lowest BCUT2D eigenvalue weighted by molar-refractivity contribution is 0.0682. The Bertz CT molecular complexity index is 1440. The van der Waals surface area contributed by atoms with Crippen molar-refractivity contribution in [3.05, 3.63) is 99.2 Å². The van der Waals surface area contributed by atoms with Crippen LogP contribution in [0.2, 0.25) is 0 Å². The highest BCUT2D eigenvalue weighted by molar-refractivity contribution is 7.98. The van der Waals surface area contributed by atoms with Crippen molar-refractivity contribution in [2.45, 2.75) is 30.5 Å². The minimum absolute atomic E-state index is 0. The van der Waals surface area contributed by atoms with Gasteiger partial charge in [-0.2, -0.15) is 0 Å². The van der Waals surface area contributed by atoms with E-state index in [1.807, 2.05) is 41.4 Å². The van der Waals surface area contributed by atoms with Gasteiger partial charge in [0, 0.05) is 40.6 Å². The molecule has 4 heterocycles. The summed E-state index contributed by atoms with van der Waals surface area (Å²) < 4.78 is 23.0. The minimum atomic E-state index is -0.625. The second-order valence-corrected chi connectivity index (χ2v) is 9.63. The standard InChI is InChI=1S/C26H22FN3O4S.CH4/c27-18-8-9-20-22-17(18)14-35-21-7-3-2-6-16(21)23(22)30-15-28(11-4-1-5-13-34-20)26(33)24-25(32)19(31)10-12-29(24)30;/h1-3,5-10,12,23,32H,4,11,13-15H2;1H4/b5-1-;/t23-;/m0./s1. The van der Waals surface area contributed by atoms with E-state index in [0.717, 1.165) is 10.5 Å². The number of ether oxygens (including phenoxy) is 1. The van der Waals surface area contributed by atoms with Crippen molar-refractivity contribution in [2.75, 3.05) is 24.8 Å². The number of fused-ring (bicyclic) bond motifs is 7. The highest BCUT2D eigenvalue weighted by Gasteiger charge is 2.40. The van der Waals surface area contributed by atoms with Crippen molar-refractivity contribution >= 4 is 17.7 Å². The van der Waals surface area contributed by atoms with Gasteiger partial charge in [0.05, 0.1) is 0 Å². The Hall–Kier alpha value is -3.72. The number of pyridine rings is 1. The number of aromatic hydroxyl groups is 1. The van der Waals surface area contributed by atoms with Crippen LogP contribution in [-0.2, 0) is 5.75 Å². The third-order valence-electron chi connectivity index (χ3n) is 6.62. The van der Waals surface area contributed by atoms with Crippen molar-refractivity contribution in [3.8, 4) is 11.5 Å². The Morgan fingerprint density at radius 2 is 1.92 bits per heavy atom. The van der Waals surface area contributed by atoms with Gasteiger partial charge in [-0.1, -0.05) is 37.8 Å². The van der Waals surface area contributed by atoms with Crippen molar-refractivity contribution in [3.63, 3.8) is 0 Å². The summed E-state index contributed by atoms with van der Waals surface area (Å²) in [7, 11) is 0. The van der Waals surface area contributed by atoms with Gasteiger partial charge in [-0.15, -0.1) is 11.8 Å². The first-order valence-corrected chi connectivity index (χ1v) is 12.3. The highest BCUT2D eigenvalue weighted by Crippen LogP contribution is 2.47. The molecule has 6 rings (SSSR count). The van der Waals surface area contributed by atoms with Gasteiger partial charge >= 0.3 is 0 Å². The normalized spacial score (nSPS) is 19.2. The Morgan fingerprint density at radius 1 is 1.08 bits per heavy atom. The van der Waals surface area contributed by atoms with Crippen LogP contribution in [0.1, 0.15) is 47.1 Å². The van der Waals surface area contributed by atoms with Gasteiger partial charge in [-0.05, 0) is 30.2 Å². The molecular formula is C27H26FN3O4S. The van der Waals surface area contributed by atoms with E-state index >= 15 is 4.39 Å². The molecule has 1 atom stereocenters. The van der Waals surface area contributed by atoms with Crippen LogP contribution in [0.25, 0.3) is 0 Å². The average molecular weight is 508 g/mol. The van der Waals surface area contributed by atoms with Gasteiger partial charge in [0.1, 0.15) is 30.9 Å². The molecule has 0 saturated carbocycles. The van der Waals surface area contributed by atoms with Crippen molar-refractivity contribution < 1.29 is 19.0 Å². The zero-order valence-electron chi connectivity index (χ0n) is 18.7. The summed E-state index contributed by atoms with van der Waals surface area (Å²) in [5.74, 6) is -0.367. The number of nitrogens with zero attached hydrogens (tertiary/aromatic N) is 3. The fraction of sp³-hybridized carbons (Fsp3) is 0.259. The summed E-state index contributed by atoms with van der Waals surface area (Å²) in [5.41, 5.74) is 1.41. The van der Waals surface area contributed by atoms with Crippen LogP contribution in [0.3, 0.4) is 0 Å². The molecule has 3 aliphatic heterocycles. The van der Waals surface area contributed by atoms with Crippen LogP contribution in [-0.4, -0.2) is 40.4 Å². The molecule has 2 bridgehead atoms. The van der Waals surface area contributed by atoms with Crippen molar-refractivity contribution in [2.24, 2.45) is 0 Å². The number of hydrogen-bond acceptors (Lipinski definition) is 6. The second kappa shape index (κ2) is 9.39. The van der Waals surface area contributed by atoms with Gasteiger partial charge in [-0.25, -0.2) is 4.39 Å². The molecule has 9 heteroatoms. The van der Waals surface area contributed by atoms with Crippen LogP contribution in [0.4, 0.5) is 4.39 Å². The molecule has 2 aromatic carbocycles. The van der Waals surface area contributed by atoms with E-state index in [1.165, 1.54) is 23.0 Å². The van der Waals surface area contributed by atoms with Crippen LogP contribution < -0.4 is 15.2 Å². The molecule has 0 saturated heterocycles. The molecule has 1 N–H and O–H groups in total. The molecule has 0 aliphatic carbocycles. The Morgan fingerprint density at radius 3 is 2.78 bits per heavy atom. The largest absolute Gasteiger partial charge is 0.502 e. The molecule has 3 aliphatic rings. The Labute approximate surface area is 212 Å². The first-order chi connectivity index (χ1) is 17.0. The topological polar surface area (TPSA) is 75.0 Å². The molecule has 3 aromatic rings. The van der Waals surface area contributed by atoms with Gasteiger partial charge in [0.2, 0.25) is 5.43 Å². The lowest BCUT2D eigenvalue weighted by Crippen LogP contribution is -2.55. The van der Waals surface area contributed by atoms with E-state index in [0.29, 0.717) is 42.2 Å². The minimum Gasteiger partial charge on any atom is -0.502 e. The number of hydrogen-bond donors (Lipinski definition) is 1. The molecule has 0 fully saturated rings. The zero-order chi connectivity index (χ0) is 24.1. The fourth-order valence-electron chi connectivity index (χ4n) is 4.96. The van der Waals surface area contributed by atoms with E-state index in [2.05, 4.69) is 0 Å². The van der Waals surface area contributed by atoms with Gasteiger partial charge in [0.15, 0.2) is 11.4 Å². The van der Waals surface area contributed by atoms with E-state index in [9.17, 15) is 14.7 Å². The molecule has 0 spiro atoms. The zero-order valence-corrected chi connectivity index (χ0v) is 19.5. The summed E-state index contributed by atoms with van der Waals surface area (Å²) in [4.78, 5) is 28.3. The summed E-state index contributed by atoms with van der Waals surface area (Å²) in [6.45, 7) is 0.888. The molecule has 1 amide bonds. The number of rotatable bonds is 0. The van der Waals surface area contributed by atoms with Crippen molar-refractivity contribution in [1.29, 1.82) is 0 Å². The number of aromatic nitrogens is 1. The van der Waals surface area contributed by atoms with E-state index in [-0.39, 0.29) is 25.6 Å². The molecule has 0 radical (unpaired) electrons. The van der Waals surface area contributed by atoms with Gasteiger partial charge in [0.25, 0.3) is 5.91 Å². The lowest BCUT2D eigenvalue weighted by Gasteiger charge is -2.44. The molecule has 7 nitrogen and oxygen atoms in total. The van der Waals surface area contributed by atoms with E-state index in [1.54, 1.807) is 22.7 Å². The summed E-state index contributed by atoms with van der Waals surface area (Å²) in [6.07, 6.45) is 5.89. The molecule has 1 aromatic heterocycles. The fourth-order valence-corrected chi connectivity index (χ4v) is 6.08. The predicted molar refractivity (Wildman–Crippen MR) is 137 cm³/mol. The van der Waals surface area contributed by atoms with Crippen LogP contribution in [0.15, 0.2) is 70.5 Å². The van der Waals surface area contributed by atoms with Gasteiger partial charge < -0.3 is 14.7 Å². The molecule has 36 heavy (non-hydrogen) atoms. The maximum Gasteiger partial charge on any atom is 0.277 e. The highest BCUT2D eigenvalue weighted by atomic mass is 32.2. The number of carbonyl (C=O) groups excluding carboxylic acids is 1. The average Bonchev–Trinajstić information content (AvgIpc) is 3.03. The number of amides is 1. The van der Waals surface area contributed by atoms with Crippen LogP contribution in [0, 0.1) is 5.82 Å². The van der Waals surface area contributed by atoms with E-state index < -0.39 is 23.1 Å². The molecule has 186 valence electrons. The Balaban J connectivity index is 0.00000267. The summed E-state index contributed by atoms with van der Waals surface area (Å²) in [5, 5.41) is 12.6. The molecule has 0 unspecified atom stereocenters. The monoisotopic (exact) mass is 507 g/mol. The number of carbonyl (C=O) groups is 1. The number of benzene rings is 2. The third-order valence-corrected chi connectivity index (χ3v) is 7.74. The first-order valence-electron chi connectivity index (χ1n) is 11.4. The first kappa shape index (κ1) is 24.0. The second-order valence-electron chi connectivity index (χ2n) is 8.61. The number of halogens is 1. The Kier molecular flexibility index (Phi) is 6.26. The maximum atomic E-state index is 15.3. The lowest BCUT2D eigenvalue weighted by atomic mass is 9.93. The number of thioether (sulfide) groups is 1. The molecular weight excluding hydrogens is 481 g/mol. The maximum absolute atomic E-state index is 15.3. The van der Waals surface area contributed by atoms with Crippen LogP contribution >= 0.6 is 11.8 Å². The predicted octanol–water partition coefficient (Wildman–Crippen LogP) is 4.41. The van der Waals surface area contributed by atoms with Crippen LogP contribution in [0.5, 0.6) is 11.5 Å². The smallest absolute Gasteiger partial charge is 0.277 e.